The summed E-state index contributed by atoms with van der Waals surface area (Å²) in [5.74, 6) is 0.654. The third kappa shape index (κ3) is 2.26. The second-order valence-corrected chi connectivity index (χ2v) is 4.45. The molecule has 0 aromatic heterocycles. The zero-order valence-electron chi connectivity index (χ0n) is 10.2. The van der Waals surface area contributed by atoms with Crippen LogP contribution in [0.5, 0.6) is 5.75 Å². The third-order valence-corrected chi connectivity index (χ3v) is 3.17. The van der Waals surface area contributed by atoms with Crippen LogP contribution in [-0.2, 0) is 4.79 Å². The fraction of sp³-hybridized carbons (Fsp3) is 0.462. The number of fused-ring (bicyclic) bond motifs is 1. The lowest BCUT2D eigenvalue weighted by Crippen LogP contribution is -2.45. The monoisotopic (exact) mass is 234 g/mol. The van der Waals surface area contributed by atoms with Crippen molar-refractivity contribution in [1.29, 1.82) is 0 Å². The molecule has 0 fully saturated rings. The molecule has 1 aliphatic heterocycles. The average molecular weight is 234 g/mol. The first-order valence-electron chi connectivity index (χ1n) is 5.90. The molecule has 2 atom stereocenters. The summed E-state index contributed by atoms with van der Waals surface area (Å²) in [6, 6.07) is 7.45. The van der Waals surface area contributed by atoms with E-state index in [1.165, 1.54) is 0 Å². The van der Waals surface area contributed by atoms with Gasteiger partial charge in [-0.3, -0.25) is 4.79 Å². The summed E-state index contributed by atoms with van der Waals surface area (Å²) in [6.07, 6.45) is 0. The zero-order valence-corrected chi connectivity index (χ0v) is 10.2. The molecule has 4 heteroatoms. The molecule has 17 heavy (non-hydrogen) atoms. The van der Waals surface area contributed by atoms with Crippen LogP contribution in [0, 0.1) is 5.92 Å². The Bertz CT molecular complexity index is 418. The molecule has 0 saturated carbocycles. The SMILES string of the molecule is CC(N)C(C)C(=O)N1CCOc2ccccc21. The summed E-state index contributed by atoms with van der Waals surface area (Å²) < 4.78 is 5.52. The number of nitrogens with zero attached hydrogens (tertiary/aromatic N) is 1. The van der Waals surface area contributed by atoms with Crippen LogP contribution in [0.25, 0.3) is 0 Å². The molecular formula is C13H18N2O2. The zero-order chi connectivity index (χ0) is 12.4. The fourth-order valence-corrected chi connectivity index (χ4v) is 1.87. The van der Waals surface area contributed by atoms with E-state index in [9.17, 15) is 4.79 Å². The Hall–Kier alpha value is -1.55. The number of carbonyl (C=O) groups excluding carboxylic acids is 1. The van der Waals surface area contributed by atoms with E-state index in [1.54, 1.807) is 4.90 Å². The Kier molecular flexibility index (Phi) is 3.33. The number of rotatable bonds is 2. The lowest BCUT2D eigenvalue weighted by molar-refractivity contribution is -0.122. The third-order valence-electron chi connectivity index (χ3n) is 3.17. The number of carbonyl (C=O) groups is 1. The van der Waals surface area contributed by atoms with Gasteiger partial charge in [0.1, 0.15) is 12.4 Å². The molecule has 2 unspecified atom stereocenters. The molecule has 0 spiro atoms. The topological polar surface area (TPSA) is 55.6 Å². The molecule has 1 aromatic rings. The first kappa shape index (κ1) is 11.9. The van der Waals surface area contributed by atoms with Crippen molar-refractivity contribution in [2.75, 3.05) is 18.1 Å². The molecular weight excluding hydrogens is 216 g/mol. The largest absolute Gasteiger partial charge is 0.490 e. The Morgan fingerprint density at radius 3 is 2.82 bits per heavy atom. The van der Waals surface area contributed by atoms with Crippen molar-refractivity contribution in [2.24, 2.45) is 11.7 Å². The van der Waals surface area contributed by atoms with E-state index in [1.807, 2.05) is 38.1 Å². The highest BCUT2D eigenvalue weighted by Gasteiger charge is 2.28. The first-order valence-corrected chi connectivity index (χ1v) is 5.90. The summed E-state index contributed by atoms with van der Waals surface area (Å²) in [5.41, 5.74) is 6.63. The number of ether oxygens (including phenoxy) is 1. The quantitative estimate of drug-likeness (QED) is 0.841. The van der Waals surface area contributed by atoms with E-state index >= 15 is 0 Å². The summed E-state index contributed by atoms with van der Waals surface area (Å²) in [5, 5.41) is 0. The summed E-state index contributed by atoms with van der Waals surface area (Å²) in [4.78, 5) is 14.1. The Balaban J connectivity index is 2.27. The normalized spacial score (nSPS) is 17.9. The van der Waals surface area contributed by atoms with E-state index in [0.717, 1.165) is 11.4 Å². The van der Waals surface area contributed by atoms with E-state index in [-0.39, 0.29) is 17.9 Å². The van der Waals surface area contributed by atoms with Crippen molar-refractivity contribution in [3.63, 3.8) is 0 Å². The van der Waals surface area contributed by atoms with Gasteiger partial charge in [-0.05, 0) is 19.1 Å². The summed E-state index contributed by atoms with van der Waals surface area (Å²) in [7, 11) is 0. The van der Waals surface area contributed by atoms with Crippen molar-refractivity contribution in [1.82, 2.24) is 0 Å². The Morgan fingerprint density at radius 2 is 2.12 bits per heavy atom. The minimum Gasteiger partial charge on any atom is -0.490 e. The molecule has 0 aliphatic carbocycles. The molecule has 2 rings (SSSR count). The summed E-state index contributed by atoms with van der Waals surface area (Å²) >= 11 is 0. The van der Waals surface area contributed by atoms with Crippen molar-refractivity contribution in [2.45, 2.75) is 19.9 Å². The maximum atomic E-state index is 12.3. The molecule has 4 nitrogen and oxygen atoms in total. The number of benzene rings is 1. The van der Waals surface area contributed by atoms with Gasteiger partial charge in [0.05, 0.1) is 18.2 Å². The van der Waals surface area contributed by atoms with Gasteiger partial charge >= 0.3 is 0 Å². The maximum absolute atomic E-state index is 12.3. The van der Waals surface area contributed by atoms with E-state index in [2.05, 4.69) is 0 Å². The predicted octanol–water partition coefficient (Wildman–Crippen LogP) is 1.40. The van der Waals surface area contributed by atoms with E-state index in [4.69, 9.17) is 10.5 Å². The highest BCUT2D eigenvalue weighted by molar-refractivity contribution is 5.97. The molecule has 1 heterocycles. The number of hydrogen-bond donors (Lipinski definition) is 1. The molecule has 1 aromatic carbocycles. The van der Waals surface area contributed by atoms with Crippen LogP contribution in [0.4, 0.5) is 5.69 Å². The van der Waals surface area contributed by atoms with E-state index < -0.39 is 0 Å². The van der Waals surface area contributed by atoms with Crippen molar-refractivity contribution in [3.8, 4) is 5.75 Å². The molecule has 0 radical (unpaired) electrons. The predicted molar refractivity (Wildman–Crippen MR) is 67.1 cm³/mol. The van der Waals surface area contributed by atoms with Crippen LogP contribution in [0.2, 0.25) is 0 Å². The molecule has 1 aliphatic rings. The molecule has 2 N–H and O–H groups in total. The second-order valence-electron chi connectivity index (χ2n) is 4.45. The molecule has 92 valence electrons. The van der Waals surface area contributed by atoms with Gasteiger partial charge < -0.3 is 15.4 Å². The van der Waals surface area contributed by atoms with Gasteiger partial charge in [-0.15, -0.1) is 0 Å². The number of para-hydroxylation sites is 2. The van der Waals surface area contributed by atoms with Gasteiger partial charge in [0.15, 0.2) is 0 Å². The second kappa shape index (κ2) is 4.75. The van der Waals surface area contributed by atoms with Crippen molar-refractivity contribution >= 4 is 11.6 Å². The number of anilines is 1. The standard InChI is InChI=1S/C13H18N2O2/c1-9(10(2)14)13(16)15-7-8-17-12-6-4-3-5-11(12)15/h3-6,9-10H,7-8,14H2,1-2H3. The van der Waals surface area contributed by atoms with Crippen LogP contribution in [0.15, 0.2) is 24.3 Å². The van der Waals surface area contributed by atoms with Gasteiger partial charge in [0, 0.05) is 6.04 Å². The van der Waals surface area contributed by atoms with Gasteiger partial charge in [0.2, 0.25) is 5.91 Å². The van der Waals surface area contributed by atoms with Gasteiger partial charge in [-0.25, -0.2) is 0 Å². The Morgan fingerprint density at radius 1 is 1.41 bits per heavy atom. The van der Waals surface area contributed by atoms with Crippen LogP contribution in [-0.4, -0.2) is 25.1 Å². The number of amides is 1. The van der Waals surface area contributed by atoms with Crippen LogP contribution >= 0.6 is 0 Å². The van der Waals surface area contributed by atoms with Crippen molar-refractivity contribution in [3.05, 3.63) is 24.3 Å². The smallest absolute Gasteiger partial charge is 0.231 e. The van der Waals surface area contributed by atoms with Crippen LogP contribution in [0.3, 0.4) is 0 Å². The van der Waals surface area contributed by atoms with E-state index in [0.29, 0.717) is 13.2 Å². The van der Waals surface area contributed by atoms with Gasteiger partial charge in [0.25, 0.3) is 0 Å². The van der Waals surface area contributed by atoms with Crippen LogP contribution in [0.1, 0.15) is 13.8 Å². The molecule has 0 bridgehead atoms. The van der Waals surface area contributed by atoms with Crippen LogP contribution < -0.4 is 15.4 Å². The van der Waals surface area contributed by atoms with Gasteiger partial charge in [-0.2, -0.15) is 0 Å². The first-order chi connectivity index (χ1) is 8.11. The average Bonchev–Trinajstić information content (AvgIpc) is 2.36. The Labute approximate surface area is 101 Å². The maximum Gasteiger partial charge on any atom is 0.231 e. The summed E-state index contributed by atoms with van der Waals surface area (Å²) in [6.45, 7) is 4.85. The molecule has 0 saturated heterocycles. The number of nitrogens with two attached hydrogens (primary N) is 1. The van der Waals surface area contributed by atoms with Crippen molar-refractivity contribution < 1.29 is 9.53 Å². The fourth-order valence-electron chi connectivity index (χ4n) is 1.87. The lowest BCUT2D eigenvalue weighted by atomic mass is 10.0. The molecule has 1 amide bonds. The minimum absolute atomic E-state index is 0.0655. The lowest BCUT2D eigenvalue weighted by Gasteiger charge is -2.32. The minimum atomic E-state index is -0.179. The van der Waals surface area contributed by atoms with Gasteiger partial charge in [-0.1, -0.05) is 19.1 Å². The highest BCUT2D eigenvalue weighted by atomic mass is 16.5. The highest BCUT2D eigenvalue weighted by Crippen LogP contribution is 2.31. The number of hydrogen-bond acceptors (Lipinski definition) is 3.